The summed E-state index contributed by atoms with van der Waals surface area (Å²) in [5, 5.41) is 6.40. The van der Waals surface area contributed by atoms with Crippen molar-refractivity contribution in [3.63, 3.8) is 0 Å². The van der Waals surface area contributed by atoms with E-state index in [1.54, 1.807) is 0 Å². The lowest BCUT2D eigenvalue weighted by Gasteiger charge is -2.34. The molecule has 9 rings (SSSR count). The van der Waals surface area contributed by atoms with E-state index >= 15 is 0 Å². The zero-order valence-corrected chi connectivity index (χ0v) is 25.3. The van der Waals surface area contributed by atoms with Gasteiger partial charge in [0.1, 0.15) is 0 Å². The van der Waals surface area contributed by atoms with Crippen molar-refractivity contribution in [3.05, 3.63) is 150 Å². The lowest BCUT2D eigenvalue weighted by atomic mass is 9.84. The molecule has 2 nitrogen and oxygen atoms in total. The van der Waals surface area contributed by atoms with Crippen LogP contribution in [-0.2, 0) is 0 Å². The Bertz CT molecular complexity index is 2370. The fourth-order valence-electron chi connectivity index (χ4n) is 7.33. The highest BCUT2D eigenvalue weighted by atomic mass is 32.1. The smallest absolute Gasteiger partial charge is 0.0855 e. The third kappa shape index (κ3) is 3.83. The molecule has 0 saturated heterocycles. The van der Waals surface area contributed by atoms with Crippen molar-refractivity contribution in [2.24, 2.45) is 4.99 Å². The zero-order chi connectivity index (χ0) is 29.2. The number of fused-ring (bicyclic) bond motifs is 7. The number of hydrogen-bond donors (Lipinski definition) is 0. The van der Waals surface area contributed by atoms with Gasteiger partial charge in [-0.05, 0) is 58.1 Å². The Hall–Kier alpha value is -4.99. The van der Waals surface area contributed by atoms with Crippen LogP contribution in [-0.4, -0.2) is 10.3 Å². The number of rotatable bonds is 4. The first-order valence-corrected chi connectivity index (χ1v) is 16.3. The fraction of sp³-hybridized carbons (Fsp3) is 0.0976. The highest BCUT2D eigenvalue weighted by Crippen LogP contribution is 2.53. The van der Waals surface area contributed by atoms with Crippen molar-refractivity contribution < 1.29 is 0 Å². The Kier molecular flexibility index (Phi) is 5.82. The topological polar surface area (TPSA) is 17.3 Å². The molecule has 44 heavy (non-hydrogen) atoms. The first-order valence-electron chi connectivity index (χ1n) is 15.5. The van der Waals surface area contributed by atoms with E-state index in [0.717, 1.165) is 17.8 Å². The van der Waals surface area contributed by atoms with Gasteiger partial charge in [0.2, 0.25) is 0 Å². The highest BCUT2D eigenvalue weighted by molar-refractivity contribution is 7.19. The Morgan fingerprint density at radius 1 is 0.591 bits per heavy atom. The third-order valence-electron chi connectivity index (χ3n) is 9.41. The Balaban J connectivity index is 1.34. The van der Waals surface area contributed by atoms with E-state index in [-0.39, 0.29) is 12.0 Å². The number of benzene rings is 6. The lowest BCUT2D eigenvalue weighted by molar-refractivity contribution is 0.523. The van der Waals surface area contributed by atoms with E-state index in [1.807, 2.05) is 11.3 Å². The van der Waals surface area contributed by atoms with Crippen LogP contribution in [0.1, 0.15) is 35.7 Å². The van der Waals surface area contributed by atoms with E-state index in [9.17, 15) is 0 Å². The summed E-state index contributed by atoms with van der Waals surface area (Å²) in [5.41, 5.74) is 8.46. The number of thiophene rings is 1. The maximum absolute atomic E-state index is 5.62. The molecule has 210 valence electrons. The number of hydrogen-bond acceptors (Lipinski definition) is 2. The predicted octanol–water partition coefficient (Wildman–Crippen LogP) is 11.7. The number of para-hydroxylation sites is 1. The predicted molar refractivity (Wildman–Crippen MR) is 189 cm³/mol. The quantitative estimate of drug-likeness (QED) is 0.196. The summed E-state index contributed by atoms with van der Waals surface area (Å²) in [7, 11) is 0. The van der Waals surface area contributed by atoms with Gasteiger partial charge in [-0.1, -0.05) is 122 Å². The molecule has 2 aromatic heterocycles. The molecule has 0 fully saturated rings. The van der Waals surface area contributed by atoms with Gasteiger partial charge >= 0.3 is 0 Å². The molecule has 1 aliphatic rings. The van der Waals surface area contributed by atoms with Crippen LogP contribution in [0.25, 0.3) is 53.8 Å². The van der Waals surface area contributed by atoms with Crippen molar-refractivity contribution in [2.75, 3.05) is 0 Å². The van der Waals surface area contributed by atoms with Gasteiger partial charge in [0.05, 0.1) is 23.0 Å². The zero-order valence-electron chi connectivity index (χ0n) is 24.4. The average Bonchev–Trinajstić information content (AvgIpc) is 3.62. The van der Waals surface area contributed by atoms with Crippen LogP contribution in [0.15, 0.2) is 145 Å². The molecule has 2 atom stereocenters. The van der Waals surface area contributed by atoms with E-state index in [2.05, 4.69) is 151 Å². The van der Waals surface area contributed by atoms with Crippen molar-refractivity contribution in [3.8, 4) is 11.1 Å². The lowest BCUT2D eigenvalue weighted by Crippen LogP contribution is -2.28. The molecule has 8 aromatic rings. The molecule has 3 heteroatoms. The summed E-state index contributed by atoms with van der Waals surface area (Å²) < 4.78 is 3.93. The van der Waals surface area contributed by atoms with E-state index < -0.39 is 0 Å². The van der Waals surface area contributed by atoms with Crippen LogP contribution in [0.4, 0.5) is 5.69 Å². The monoisotopic (exact) mass is 582 g/mol. The molecular weight excluding hydrogens is 553 g/mol. The summed E-state index contributed by atoms with van der Waals surface area (Å²) in [6, 6.07) is 51.0. The second-order valence-corrected chi connectivity index (χ2v) is 12.9. The number of aromatic nitrogens is 1. The van der Waals surface area contributed by atoms with Crippen LogP contribution in [0.3, 0.4) is 0 Å². The van der Waals surface area contributed by atoms with Gasteiger partial charge in [-0.3, -0.25) is 0 Å². The maximum Gasteiger partial charge on any atom is 0.0855 e. The van der Waals surface area contributed by atoms with Crippen molar-refractivity contribution in [1.29, 1.82) is 0 Å². The maximum atomic E-state index is 5.62. The summed E-state index contributed by atoms with van der Waals surface area (Å²) in [5.74, 6) is 0.286. The molecular formula is C41H30N2S. The van der Waals surface area contributed by atoms with Gasteiger partial charge in [-0.25, -0.2) is 4.99 Å². The molecule has 0 spiro atoms. The molecule has 1 aliphatic heterocycles. The molecule has 2 unspecified atom stereocenters. The van der Waals surface area contributed by atoms with Crippen molar-refractivity contribution in [1.82, 2.24) is 4.57 Å². The van der Waals surface area contributed by atoms with Gasteiger partial charge in [0.15, 0.2) is 0 Å². The Morgan fingerprint density at radius 2 is 1.23 bits per heavy atom. The summed E-state index contributed by atoms with van der Waals surface area (Å²) >= 11 is 1.92. The number of nitrogens with zero attached hydrogens (tertiary/aromatic N) is 2. The summed E-state index contributed by atoms with van der Waals surface area (Å²) in [6.45, 7) is 2.34. The van der Waals surface area contributed by atoms with Crippen LogP contribution in [0.2, 0.25) is 0 Å². The molecule has 6 aromatic carbocycles. The van der Waals surface area contributed by atoms with Gasteiger partial charge < -0.3 is 4.57 Å². The highest BCUT2D eigenvalue weighted by Gasteiger charge is 2.38. The van der Waals surface area contributed by atoms with E-state index in [1.165, 1.54) is 64.2 Å². The van der Waals surface area contributed by atoms with Gasteiger partial charge in [0.25, 0.3) is 0 Å². The van der Waals surface area contributed by atoms with Crippen molar-refractivity contribution in [2.45, 2.75) is 25.3 Å². The first-order chi connectivity index (χ1) is 21.8. The normalized spacial score (nSPS) is 16.5. The largest absolute Gasteiger partial charge is 0.331 e. The molecule has 3 heterocycles. The molecule has 0 bridgehead atoms. The molecule has 0 N–H and O–H groups in total. The van der Waals surface area contributed by atoms with Crippen LogP contribution in [0, 0.1) is 0 Å². The van der Waals surface area contributed by atoms with E-state index in [0.29, 0.717) is 0 Å². The Labute approximate surface area is 260 Å². The number of aliphatic imine (C=N–C) groups is 1. The molecule has 0 radical (unpaired) electrons. The van der Waals surface area contributed by atoms with Gasteiger partial charge in [-0.15, -0.1) is 11.3 Å². The molecule has 0 aliphatic carbocycles. The second-order valence-electron chi connectivity index (χ2n) is 11.8. The van der Waals surface area contributed by atoms with Crippen LogP contribution < -0.4 is 0 Å². The molecule has 0 saturated carbocycles. The minimum absolute atomic E-state index is 0.0479. The minimum atomic E-state index is 0.0479. The standard InChI is InChI=1S/C41H30N2S/c1-2-31-40(43-35-18-10-8-16-32(35)34-24-29-14-6-7-15-30(29)25-36(34)43)38(42-39-33-17-9-11-19-37(33)44-41(31)39)28-22-20-27(21-23-28)26-12-4-3-5-13-26/h3-25,31,40H,2H2,1H3. The van der Waals surface area contributed by atoms with Crippen LogP contribution >= 0.6 is 11.3 Å². The van der Waals surface area contributed by atoms with Crippen molar-refractivity contribution >= 4 is 65.4 Å². The summed E-state index contributed by atoms with van der Waals surface area (Å²) in [4.78, 5) is 7.02. The molecule has 0 amide bonds. The van der Waals surface area contributed by atoms with Crippen LogP contribution in [0.5, 0.6) is 0 Å². The SMILES string of the molecule is CCC1c2sc3ccccc3c2N=C(c2ccc(-c3ccccc3)cc2)C1n1c2ccccc2c2cc3ccccc3cc21. The average molecular weight is 583 g/mol. The van der Waals surface area contributed by atoms with Gasteiger partial charge in [0, 0.05) is 37.2 Å². The van der Waals surface area contributed by atoms with E-state index in [4.69, 9.17) is 4.99 Å². The minimum Gasteiger partial charge on any atom is -0.331 e. The summed E-state index contributed by atoms with van der Waals surface area (Å²) in [6.07, 6.45) is 1.02. The second kappa shape index (κ2) is 10.0. The first kappa shape index (κ1) is 25.5. The van der Waals surface area contributed by atoms with Gasteiger partial charge in [-0.2, -0.15) is 0 Å². The third-order valence-corrected chi connectivity index (χ3v) is 10.7. The fourth-order valence-corrected chi connectivity index (χ4v) is 8.69. The Morgan fingerprint density at radius 3 is 2.02 bits per heavy atom.